The zero-order valence-electron chi connectivity index (χ0n) is 13.5. The number of aromatic nitrogens is 1. The van der Waals surface area contributed by atoms with Crippen LogP contribution in [0.4, 0.5) is 0 Å². The van der Waals surface area contributed by atoms with Gasteiger partial charge in [-0.3, -0.25) is 0 Å². The highest BCUT2D eigenvalue weighted by Crippen LogP contribution is 2.27. The zero-order valence-corrected chi connectivity index (χ0v) is 14.3. The molecule has 5 heteroatoms. The molecule has 0 bridgehead atoms. The summed E-state index contributed by atoms with van der Waals surface area (Å²) in [6, 6.07) is 18.9. The highest BCUT2D eigenvalue weighted by Gasteiger charge is 2.09. The molecule has 1 aromatic heterocycles. The number of carbonyl (C=O) groups excluding carboxylic acids is 1. The number of benzene rings is 2. The topological polar surface area (TPSA) is 63.0 Å². The Hall–Kier alpha value is -3.23. The van der Waals surface area contributed by atoms with Crippen LogP contribution in [0.5, 0.6) is 0 Å². The number of esters is 1. The molecular weight excluding hydrogens is 332 g/mol. The summed E-state index contributed by atoms with van der Waals surface area (Å²) >= 11 is 1.43. The largest absolute Gasteiger partial charge is 0.465 e. The van der Waals surface area contributed by atoms with Gasteiger partial charge in [0.1, 0.15) is 11.1 Å². The Balaban J connectivity index is 1.88. The van der Waals surface area contributed by atoms with Gasteiger partial charge >= 0.3 is 5.97 Å². The lowest BCUT2D eigenvalue weighted by atomic mass is 10.1. The first-order valence-electron chi connectivity index (χ1n) is 7.53. The number of rotatable bonds is 4. The maximum absolute atomic E-state index is 11.5. The van der Waals surface area contributed by atoms with Crippen molar-refractivity contribution in [2.45, 2.75) is 0 Å². The van der Waals surface area contributed by atoms with Gasteiger partial charge in [0, 0.05) is 10.9 Å². The highest BCUT2D eigenvalue weighted by molar-refractivity contribution is 7.11. The van der Waals surface area contributed by atoms with Crippen LogP contribution in [0, 0.1) is 11.3 Å². The predicted molar refractivity (Wildman–Crippen MR) is 98.8 cm³/mol. The molecule has 3 rings (SSSR count). The smallest absolute Gasteiger partial charge is 0.337 e. The van der Waals surface area contributed by atoms with Crippen molar-refractivity contribution in [3.05, 3.63) is 76.1 Å². The third kappa shape index (κ3) is 3.82. The second-order valence-electron chi connectivity index (χ2n) is 5.19. The van der Waals surface area contributed by atoms with E-state index in [1.54, 1.807) is 30.3 Å². The van der Waals surface area contributed by atoms with Crippen LogP contribution in [0.1, 0.15) is 20.9 Å². The summed E-state index contributed by atoms with van der Waals surface area (Å²) in [6.45, 7) is 0. The fourth-order valence-electron chi connectivity index (χ4n) is 2.28. The summed E-state index contributed by atoms with van der Waals surface area (Å²) in [5.41, 5.74) is 3.64. The van der Waals surface area contributed by atoms with Crippen LogP contribution in [0.25, 0.3) is 22.9 Å². The molecule has 3 aromatic rings. The summed E-state index contributed by atoms with van der Waals surface area (Å²) in [4.78, 5) is 16.0. The van der Waals surface area contributed by atoms with Crippen LogP contribution < -0.4 is 0 Å². The van der Waals surface area contributed by atoms with Gasteiger partial charge in [-0.05, 0) is 23.8 Å². The molecule has 0 N–H and O–H groups in total. The standard InChI is InChI=1S/C20H14N2O2S/c1-24-20(23)16-9-7-14(8-10-16)11-17(12-21)19-22-18(13-25-19)15-5-3-2-4-6-15/h2-11,13H,1H3/b17-11+. The number of thiazole rings is 1. The second kappa shape index (κ2) is 7.56. The molecule has 0 amide bonds. The minimum absolute atomic E-state index is 0.386. The monoisotopic (exact) mass is 346 g/mol. The van der Waals surface area contributed by atoms with E-state index >= 15 is 0 Å². The average molecular weight is 346 g/mol. The predicted octanol–water partition coefficient (Wildman–Crippen LogP) is 4.66. The number of methoxy groups -OCH3 is 1. The quantitative estimate of drug-likeness (QED) is 0.509. The van der Waals surface area contributed by atoms with Crippen molar-refractivity contribution in [3.8, 4) is 17.3 Å². The summed E-state index contributed by atoms with van der Waals surface area (Å²) in [5, 5.41) is 12.1. The highest BCUT2D eigenvalue weighted by atomic mass is 32.1. The maximum Gasteiger partial charge on any atom is 0.337 e. The number of hydrogen-bond acceptors (Lipinski definition) is 5. The van der Waals surface area contributed by atoms with E-state index < -0.39 is 0 Å². The molecule has 0 atom stereocenters. The molecule has 0 aliphatic carbocycles. The van der Waals surface area contributed by atoms with Crippen molar-refractivity contribution < 1.29 is 9.53 Å². The minimum Gasteiger partial charge on any atom is -0.465 e. The van der Waals surface area contributed by atoms with Crippen molar-refractivity contribution in [1.29, 1.82) is 5.26 Å². The van der Waals surface area contributed by atoms with E-state index in [-0.39, 0.29) is 5.97 Å². The van der Waals surface area contributed by atoms with E-state index in [9.17, 15) is 10.1 Å². The van der Waals surface area contributed by atoms with Crippen molar-refractivity contribution in [1.82, 2.24) is 4.98 Å². The van der Waals surface area contributed by atoms with E-state index in [4.69, 9.17) is 0 Å². The number of ether oxygens (including phenoxy) is 1. The Morgan fingerprint density at radius 2 is 1.88 bits per heavy atom. The first kappa shape index (κ1) is 16.6. The first-order valence-corrected chi connectivity index (χ1v) is 8.40. The number of nitrogens with zero attached hydrogens (tertiary/aromatic N) is 2. The second-order valence-corrected chi connectivity index (χ2v) is 6.05. The summed E-state index contributed by atoms with van der Waals surface area (Å²) < 4.78 is 4.68. The Bertz CT molecular complexity index is 951. The summed E-state index contributed by atoms with van der Waals surface area (Å²) in [6.07, 6.45) is 1.76. The Morgan fingerprint density at radius 1 is 1.16 bits per heavy atom. The van der Waals surface area contributed by atoms with Gasteiger partial charge in [-0.25, -0.2) is 9.78 Å². The third-order valence-electron chi connectivity index (χ3n) is 3.57. The van der Waals surface area contributed by atoms with Gasteiger partial charge in [0.15, 0.2) is 0 Å². The molecule has 1 heterocycles. The van der Waals surface area contributed by atoms with E-state index in [2.05, 4.69) is 15.8 Å². The van der Waals surface area contributed by atoms with Crippen LogP contribution in [0.2, 0.25) is 0 Å². The van der Waals surface area contributed by atoms with Gasteiger partial charge in [-0.1, -0.05) is 42.5 Å². The molecular formula is C20H14N2O2S. The minimum atomic E-state index is -0.386. The number of carbonyl (C=O) groups is 1. The molecule has 0 radical (unpaired) electrons. The van der Waals surface area contributed by atoms with E-state index in [1.807, 2.05) is 35.7 Å². The molecule has 0 aliphatic heterocycles. The molecule has 4 nitrogen and oxygen atoms in total. The van der Waals surface area contributed by atoms with Gasteiger partial charge < -0.3 is 4.74 Å². The molecule has 122 valence electrons. The summed E-state index contributed by atoms with van der Waals surface area (Å²) in [7, 11) is 1.34. The van der Waals surface area contributed by atoms with Crippen LogP contribution in [-0.2, 0) is 4.74 Å². The van der Waals surface area contributed by atoms with Crippen LogP contribution >= 0.6 is 11.3 Å². The molecule has 0 aliphatic rings. The number of allylic oxidation sites excluding steroid dienone is 1. The van der Waals surface area contributed by atoms with Gasteiger partial charge in [-0.15, -0.1) is 11.3 Å². The van der Waals surface area contributed by atoms with Crippen molar-refractivity contribution in [2.24, 2.45) is 0 Å². The van der Waals surface area contributed by atoms with Crippen LogP contribution in [0.15, 0.2) is 60.0 Å². The molecule has 0 saturated heterocycles. The lowest BCUT2D eigenvalue weighted by Crippen LogP contribution is -2.00. The summed E-state index contributed by atoms with van der Waals surface area (Å²) in [5.74, 6) is -0.386. The number of nitriles is 1. The average Bonchev–Trinajstić information content (AvgIpc) is 3.16. The van der Waals surface area contributed by atoms with E-state index in [1.165, 1.54) is 18.4 Å². The van der Waals surface area contributed by atoms with Crippen LogP contribution in [-0.4, -0.2) is 18.1 Å². The normalized spacial score (nSPS) is 11.0. The van der Waals surface area contributed by atoms with Crippen molar-refractivity contribution in [2.75, 3.05) is 7.11 Å². The molecule has 2 aromatic carbocycles. The van der Waals surface area contributed by atoms with Gasteiger partial charge in [-0.2, -0.15) is 5.26 Å². The SMILES string of the molecule is COC(=O)c1ccc(/C=C(\C#N)c2nc(-c3ccccc3)cs2)cc1. The van der Waals surface area contributed by atoms with Crippen LogP contribution in [0.3, 0.4) is 0 Å². The number of hydrogen-bond donors (Lipinski definition) is 0. The van der Waals surface area contributed by atoms with Gasteiger partial charge in [0.25, 0.3) is 0 Å². The molecule has 0 saturated carbocycles. The Labute approximate surface area is 149 Å². The fraction of sp³-hybridized carbons (Fsp3) is 0.0500. The van der Waals surface area contributed by atoms with E-state index in [0.29, 0.717) is 16.1 Å². The third-order valence-corrected chi connectivity index (χ3v) is 4.44. The van der Waals surface area contributed by atoms with Crippen molar-refractivity contribution >= 4 is 29.0 Å². The zero-order chi connectivity index (χ0) is 17.6. The molecule has 25 heavy (non-hydrogen) atoms. The Morgan fingerprint density at radius 3 is 2.52 bits per heavy atom. The van der Waals surface area contributed by atoms with Gasteiger partial charge in [0.05, 0.1) is 23.9 Å². The molecule has 0 unspecified atom stereocenters. The molecule has 0 spiro atoms. The lowest BCUT2D eigenvalue weighted by Gasteiger charge is -2.00. The lowest BCUT2D eigenvalue weighted by molar-refractivity contribution is 0.0600. The Kier molecular flexibility index (Phi) is 5.03. The first-order chi connectivity index (χ1) is 12.2. The maximum atomic E-state index is 11.5. The van der Waals surface area contributed by atoms with Gasteiger partial charge in [0.2, 0.25) is 0 Å². The van der Waals surface area contributed by atoms with E-state index in [0.717, 1.165) is 16.8 Å². The fourth-order valence-corrected chi connectivity index (χ4v) is 3.08. The molecule has 0 fully saturated rings. The van der Waals surface area contributed by atoms with Crippen molar-refractivity contribution in [3.63, 3.8) is 0 Å².